The second-order valence-corrected chi connectivity index (χ2v) is 7.41. The second-order valence-electron chi connectivity index (χ2n) is 5.76. The molecule has 1 saturated heterocycles. The number of benzene rings is 2. The van der Waals surface area contributed by atoms with Gasteiger partial charge in [-0.1, -0.05) is 0 Å². The van der Waals surface area contributed by atoms with E-state index in [0.717, 1.165) is 5.69 Å². The average molecular weight is 378 g/mol. The molecule has 1 aliphatic heterocycles. The molecule has 0 saturated carbocycles. The van der Waals surface area contributed by atoms with E-state index in [1.54, 1.807) is 6.07 Å². The van der Waals surface area contributed by atoms with Gasteiger partial charge in [0.05, 0.1) is 18.9 Å². The highest BCUT2D eigenvalue weighted by Crippen LogP contribution is 2.31. The first kappa shape index (κ1) is 16.7. The molecule has 0 aliphatic carbocycles. The molecule has 0 radical (unpaired) electrons. The summed E-state index contributed by atoms with van der Waals surface area (Å²) < 4.78 is 51.0. The zero-order valence-electron chi connectivity index (χ0n) is 13.6. The third-order valence-corrected chi connectivity index (χ3v) is 5.51. The maximum atomic E-state index is 13.0. The van der Waals surface area contributed by atoms with Crippen LogP contribution in [0.5, 0.6) is 0 Å². The molecule has 136 valence electrons. The number of halogens is 1. The van der Waals surface area contributed by atoms with Gasteiger partial charge in [0.25, 0.3) is 10.0 Å². The van der Waals surface area contributed by atoms with Crippen molar-refractivity contribution in [1.82, 2.24) is 10.3 Å². The van der Waals surface area contributed by atoms with Gasteiger partial charge < -0.3 is 9.64 Å². The predicted molar refractivity (Wildman–Crippen MR) is 92.0 cm³/mol. The van der Waals surface area contributed by atoms with Crippen molar-refractivity contribution in [1.29, 1.82) is 0 Å². The lowest BCUT2D eigenvalue weighted by atomic mass is 10.2. The molecule has 3 aromatic rings. The molecule has 0 unspecified atom stereocenters. The van der Waals surface area contributed by atoms with E-state index in [0.29, 0.717) is 31.8 Å². The lowest BCUT2D eigenvalue weighted by Crippen LogP contribution is -2.36. The smallest absolute Gasteiger partial charge is 0.264 e. The van der Waals surface area contributed by atoms with E-state index in [9.17, 15) is 12.8 Å². The van der Waals surface area contributed by atoms with Crippen LogP contribution in [0.3, 0.4) is 0 Å². The highest BCUT2D eigenvalue weighted by molar-refractivity contribution is 7.93. The topological polar surface area (TPSA) is 97.6 Å². The van der Waals surface area contributed by atoms with Crippen molar-refractivity contribution >= 4 is 32.4 Å². The van der Waals surface area contributed by atoms with Gasteiger partial charge in [0, 0.05) is 18.8 Å². The molecular formula is C16H15FN4O4S. The van der Waals surface area contributed by atoms with Crippen molar-refractivity contribution in [3.05, 3.63) is 42.2 Å². The number of ether oxygens (including phenoxy) is 1. The van der Waals surface area contributed by atoms with Crippen LogP contribution in [0.15, 0.2) is 45.9 Å². The molecule has 1 fully saturated rings. The number of aromatic nitrogens is 2. The van der Waals surface area contributed by atoms with Crippen molar-refractivity contribution in [2.75, 3.05) is 35.9 Å². The first-order valence-corrected chi connectivity index (χ1v) is 9.39. The molecule has 10 heteroatoms. The lowest BCUT2D eigenvalue weighted by molar-refractivity contribution is 0.123. The van der Waals surface area contributed by atoms with E-state index in [1.165, 1.54) is 30.3 Å². The summed E-state index contributed by atoms with van der Waals surface area (Å²) in [5.41, 5.74) is 1.50. The van der Waals surface area contributed by atoms with Gasteiger partial charge in [-0.3, -0.25) is 4.72 Å². The van der Waals surface area contributed by atoms with Crippen LogP contribution in [0.2, 0.25) is 0 Å². The summed E-state index contributed by atoms with van der Waals surface area (Å²) in [6, 6.07) is 8.17. The van der Waals surface area contributed by atoms with Crippen LogP contribution < -0.4 is 9.62 Å². The SMILES string of the molecule is O=S(=O)(Nc1ccc(F)cc1)c1ccc(N2CCOCC2)c2nonc12. The van der Waals surface area contributed by atoms with Gasteiger partial charge in [0.1, 0.15) is 10.7 Å². The van der Waals surface area contributed by atoms with Crippen LogP contribution in [0.4, 0.5) is 15.8 Å². The summed E-state index contributed by atoms with van der Waals surface area (Å²) in [7, 11) is -3.95. The van der Waals surface area contributed by atoms with Crippen molar-refractivity contribution in [2.45, 2.75) is 4.90 Å². The Kier molecular flexibility index (Phi) is 4.21. The Morgan fingerprint density at radius 2 is 1.69 bits per heavy atom. The van der Waals surface area contributed by atoms with Crippen LogP contribution in [0.25, 0.3) is 11.0 Å². The van der Waals surface area contributed by atoms with Crippen LogP contribution >= 0.6 is 0 Å². The molecule has 0 bridgehead atoms. The Hall–Kier alpha value is -2.72. The molecule has 26 heavy (non-hydrogen) atoms. The third kappa shape index (κ3) is 3.08. The van der Waals surface area contributed by atoms with Gasteiger partial charge in [-0.15, -0.1) is 0 Å². The summed E-state index contributed by atoms with van der Waals surface area (Å²) in [6.07, 6.45) is 0. The maximum absolute atomic E-state index is 13.0. The van der Waals surface area contributed by atoms with E-state index in [4.69, 9.17) is 9.37 Å². The van der Waals surface area contributed by atoms with Gasteiger partial charge in [-0.05, 0) is 46.7 Å². The summed E-state index contributed by atoms with van der Waals surface area (Å²) in [4.78, 5) is 1.98. The Morgan fingerprint density at radius 1 is 1.00 bits per heavy atom. The minimum atomic E-state index is -3.95. The minimum absolute atomic E-state index is 0.0601. The zero-order valence-corrected chi connectivity index (χ0v) is 14.4. The van der Waals surface area contributed by atoms with Crippen LogP contribution in [0.1, 0.15) is 0 Å². The fraction of sp³-hybridized carbons (Fsp3) is 0.250. The summed E-state index contributed by atoms with van der Waals surface area (Å²) >= 11 is 0. The van der Waals surface area contributed by atoms with Crippen LogP contribution in [-0.4, -0.2) is 45.0 Å². The first-order chi connectivity index (χ1) is 12.5. The minimum Gasteiger partial charge on any atom is -0.378 e. The predicted octanol–water partition coefficient (Wildman–Crippen LogP) is 2.00. The summed E-state index contributed by atoms with van der Waals surface area (Å²) in [6.45, 7) is 2.50. The molecular weight excluding hydrogens is 363 g/mol. The van der Waals surface area contributed by atoms with E-state index < -0.39 is 15.8 Å². The molecule has 2 aromatic carbocycles. The van der Waals surface area contributed by atoms with Gasteiger partial charge in [0.15, 0.2) is 11.0 Å². The zero-order chi connectivity index (χ0) is 18.1. The standard InChI is InChI=1S/C16H15FN4O4S/c17-11-1-3-12(4-2-11)20-26(22,23)14-6-5-13(15-16(14)19-25-18-15)21-7-9-24-10-8-21/h1-6,20H,7-10H2. The highest BCUT2D eigenvalue weighted by Gasteiger charge is 2.25. The molecule has 0 amide bonds. The maximum Gasteiger partial charge on any atom is 0.264 e. The van der Waals surface area contributed by atoms with Crippen LogP contribution in [0, 0.1) is 5.82 Å². The lowest BCUT2D eigenvalue weighted by Gasteiger charge is -2.28. The second kappa shape index (κ2) is 6.54. The van der Waals surface area contributed by atoms with Crippen molar-refractivity contribution < 1.29 is 22.2 Å². The van der Waals surface area contributed by atoms with Crippen molar-refractivity contribution in [3.8, 4) is 0 Å². The molecule has 1 aromatic heterocycles. The Labute approximate surface area is 148 Å². The molecule has 2 heterocycles. The molecule has 0 spiro atoms. The number of rotatable bonds is 4. The number of hydrogen-bond acceptors (Lipinski definition) is 7. The third-order valence-electron chi connectivity index (χ3n) is 4.09. The van der Waals surface area contributed by atoms with E-state index in [-0.39, 0.29) is 16.1 Å². The average Bonchev–Trinajstić information content (AvgIpc) is 3.13. The van der Waals surface area contributed by atoms with Gasteiger partial charge >= 0.3 is 0 Å². The summed E-state index contributed by atoms with van der Waals surface area (Å²) in [5.74, 6) is -0.453. The van der Waals surface area contributed by atoms with E-state index in [1.807, 2.05) is 4.90 Å². The number of sulfonamides is 1. The number of nitrogens with one attached hydrogen (secondary N) is 1. The van der Waals surface area contributed by atoms with Crippen LogP contribution in [-0.2, 0) is 14.8 Å². The molecule has 4 rings (SSSR count). The van der Waals surface area contributed by atoms with Gasteiger partial charge in [0.2, 0.25) is 0 Å². The molecule has 0 atom stereocenters. The Balaban J connectivity index is 1.72. The number of morpholine rings is 1. The number of fused-ring (bicyclic) bond motifs is 1. The molecule has 1 N–H and O–H groups in total. The quantitative estimate of drug-likeness (QED) is 0.741. The first-order valence-electron chi connectivity index (χ1n) is 7.91. The number of nitrogens with zero attached hydrogens (tertiary/aromatic N) is 3. The largest absolute Gasteiger partial charge is 0.378 e. The van der Waals surface area contributed by atoms with Crippen molar-refractivity contribution in [3.63, 3.8) is 0 Å². The van der Waals surface area contributed by atoms with Crippen molar-refractivity contribution in [2.24, 2.45) is 0 Å². The Morgan fingerprint density at radius 3 is 2.42 bits per heavy atom. The number of hydrogen-bond donors (Lipinski definition) is 1. The monoisotopic (exact) mass is 378 g/mol. The van der Waals surface area contributed by atoms with E-state index in [2.05, 4.69) is 15.0 Å². The van der Waals surface area contributed by atoms with E-state index >= 15 is 0 Å². The Bertz CT molecular complexity index is 1030. The van der Waals surface area contributed by atoms with Gasteiger partial charge in [-0.2, -0.15) is 0 Å². The summed E-state index contributed by atoms with van der Waals surface area (Å²) in [5, 5.41) is 7.65. The molecule has 1 aliphatic rings. The normalized spacial score (nSPS) is 15.3. The number of anilines is 2. The highest BCUT2D eigenvalue weighted by atomic mass is 32.2. The fourth-order valence-corrected chi connectivity index (χ4v) is 4.03. The molecule has 8 nitrogen and oxygen atoms in total. The fourth-order valence-electron chi connectivity index (χ4n) is 2.84. The van der Waals surface area contributed by atoms with Gasteiger partial charge in [-0.25, -0.2) is 17.4 Å².